The molecule has 3 nitrogen and oxygen atoms in total. The average Bonchev–Trinajstić information content (AvgIpc) is 2.36. The summed E-state index contributed by atoms with van der Waals surface area (Å²) in [5.74, 6) is -1.29. The van der Waals surface area contributed by atoms with Crippen LogP contribution in [0.15, 0.2) is 12.1 Å². The fourth-order valence-corrected chi connectivity index (χ4v) is 1.59. The van der Waals surface area contributed by atoms with E-state index in [1.807, 2.05) is 0 Å². The van der Waals surface area contributed by atoms with E-state index < -0.39 is 28.9 Å². The second-order valence-corrected chi connectivity index (χ2v) is 4.32. The number of halogens is 5. The fourth-order valence-electron chi connectivity index (χ4n) is 1.43. The van der Waals surface area contributed by atoms with Crippen LogP contribution >= 0.6 is 11.6 Å². The van der Waals surface area contributed by atoms with Crippen molar-refractivity contribution in [2.45, 2.75) is 18.7 Å². The summed E-state index contributed by atoms with van der Waals surface area (Å²) >= 11 is 5.49. The quantitative estimate of drug-likeness (QED) is 0.849. The van der Waals surface area contributed by atoms with Gasteiger partial charge < -0.3 is 10.1 Å². The van der Waals surface area contributed by atoms with Crippen LogP contribution in [0.2, 0.25) is 5.02 Å². The molecule has 20 heavy (non-hydrogen) atoms. The van der Waals surface area contributed by atoms with E-state index >= 15 is 0 Å². The minimum atomic E-state index is -4.61. The van der Waals surface area contributed by atoms with Crippen LogP contribution < -0.4 is 10.1 Å². The molecule has 0 saturated heterocycles. The van der Waals surface area contributed by atoms with Crippen LogP contribution in [-0.4, -0.2) is 25.9 Å². The molecule has 1 aromatic rings. The number of benzene rings is 1. The SMILES string of the molecule is CNCCC(Oc1cc(Cl)c(F)cc1C#N)C(F)(F)F. The lowest BCUT2D eigenvalue weighted by Gasteiger charge is -2.22. The molecule has 1 aromatic carbocycles. The zero-order valence-corrected chi connectivity index (χ0v) is 11.1. The Bertz CT molecular complexity index is 513. The number of nitrogens with one attached hydrogen (secondary N) is 1. The van der Waals surface area contributed by atoms with Crippen molar-refractivity contribution in [3.8, 4) is 11.8 Å². The lowest BCUT2D eigenvalue weighted by atomic mass is 10.2. The van der Waals surface area contributed by atoms with Gasteiger partial charge in [-0.1, -0.05) is 11.6 Å². The van der Waals surface area contributed by atoms with Gasteiger partial charge in [-0.3, -0.25) is 0 Å². The predicted molar refractivity (Wildman–Crippen MR) is 65.1 cm³/mol. The number of ether oxygens (including phenoxy) is 1. The first-order valence-corrected chi connectivity index (χ1v) is 5.94. The molecule has 1 unspecified atom stereocenters. The number of nitrogens with zero attached hydrogens (tertiary/aromatic N) is 1. The molecule has 1 rings (SSSR count). The van der Waals surface area contributed by atoms with Crippen LogP contribution in [0.5, 0.6) is 5.75 Å². The molecule has 0 amide bonds. The molecule has 110 valence electrons. The molecule has 0 spiro atoms. The highest BCUT2D eigenvalue weighted by atomic mass is 35.5. The van der Waals surface area contributed by atoms with Gasteiger partial charge in [0, 0.05) is 12.5 Å². The van der Waals surface area contributed by atoms with Crippen LogP contribution in [-0.2, 0) is 0 Å². The maximum atomic E-state index is 13.1. The van der Waals surface area contributed by atoms with Gasteiger partial charge in [-0.15, -0.1) is 0 Å². The molecule has 1 N–H and O–H groups in total. The molecule has 0 bridgehead atoms. The molecule has 8 heteroatoms. The molecule has 1 atom stereocenters. The largest absolute Gasteiger partial charge is 0.479 e. The van der Waals surface area contributed by atoms with E-state index in [0.29, 0.717) is 0 Å². The van der Waals surface area contributed by atoms with Gasteiger partial charge >= 0.3 is 6.18 Å². The number of alkyl halides is 3. The van der Waals surface area contributed by atoms with Crippen molar-refractivity contribution in [1.29, 1.82) is 5.26 Å². The lowest BCUT2D eigenvalue weighted by Crippen LogP contribution is -2.37. The zero-order valence-electron chi connectivity index (χ0n) is 10.4. The van der Waals surface area contributed by atoms with E-state index in [-0.39, 0.29) is 18.5 Å². The minimum Gasteiger partial charge on any atom is -0.479 e. The van der Waals surface area contributed by atoms with Crippen molar-refractivity contribution < 1.29 is 22.3 Å². The summed E-state index contributed by atoms with van der Waals surface area (Å²) in [7, 11) is 1.50. The Balaban J connectivity index is 3.05. The molecule has 0 radical (unpaired) electrons. The standard InChI is InChI=1S/C12H11ClF4N2O/c1-19-3-2-11(12(15,16)17)20-10-5-8(13)9(14)4-7(10)6-18/h4-5,11,19H,2-3H2,1H3. The molecule has 0 aliphatic rings. The molecule has 0 aliphatic heterocycles. The Hall–Kier alpha value is -1.52. The van der Waals surface area contributed by atoms with E-state index in [9.17, 15) is 17.6 Å². The van der Waals surface area contributed by atoms with Gasteiger partial charge in [-0.25, -0.2) is 4.39 Å². The van der Waals surface area contributed by atoms with Crippen molar-refractivity contribution in [1.82, 2.24) is 5.32 Å². The lowest BCUT2D eigenvalue weighted by molar-refractivity contribution is -0.196. The summed E-state index contributed by atoms with van der Waals surface area (Å²) < 4.78 is 56.4. The molecule has 0 aromatic heterocycles. The van der Waals surface area contributed by atoms with Crippen molar-refractivity contribution in [3.05, 3.63) is 28.5 Å². The first-order chi connectivity index (χ1) is 9.29. The maximum Gasteiger partial charge on any atom is 0.425 e. The Morgan fingerprint density at radius 1 is 1.45 bits per heavy atom. The second kappa shape index (κ2) is 6.77. The van der Waals surface area contributed by atoms with E-state index in [0.717, 1.165) is 12.1 Å². The van der Waals surface area contributed by atoms with E-state index in [4.69, 9.17) is 21.6 Å². The Labute approximate surface area is 118 Å². The highest BCUT2D eigenvalue weighted by Gasteiger charge is 2.41. The van der Waals surface area contributed by atoms with Gasteiger partial charge in [-0.2, -0.15) is 18.4 Å². The van der Waals surface area contributed by atoms with Gasteiger partial charge in [-0.05, 0) is 19.7 Å². The average molecular weight is 311 g/mol. The first kappa shape index (κ1) is 16.5. The maximum absolute atomic E-state index is 13.1. The van der Waals surface area contributed by atoms with Crippen molar-refractivity contribution in [3.63, 3.8) is 0 Å². The molecule has 0 saturated carbocycles. The van der Waals surface area contributed by atoms with Gasteiger partial charge in [0.2, 0.25) is 0 Å². The summed E-state index contributed by atoms with van der Waals surface area (Å²) in [6.07, 6.45) is -7.06. The molecular formula is C12H11ClF4N2O. The van der Waals surface area contributed by atoms with Gasteiger partial charge in [0.1, 0.15) is 17.6 Å². The third-order valence-corrected chi connectivity index (χ3v) is 2.72. The molecule has 0 heterocycles. The minimum absolute atomic E-state index is 0.0704. The highest BCUT2D eigenvalue weighted by Crippen LogP contribution is 2.31. The van der Waals surface area contributed by atoms with E-state index in [1.54, 1.807) is 6.07 Å². The summed E-state index contributed by atoms with van der Waals surface area (Å²) in [6.45, 7) is 0.0704. The molecule has 0 aliphatic carbocycles. The van der Waals surface area contributed by atoms with E-state index in [2.05, 4.69) is 5.32 Å². The van der Waals surface area contributed by atoms with Crippen LogP contribution in [0, 0.1) is 17.1 Å². The van der Waals surface area contributed by atoms with Crippen molar-refractivity contribution in [2.75, 3.05) is 13.6 Å². The van der Waals surface area contributed by atoms with Gasteiger partial charge in [0.15, 0.2) is 6.10 Å². The topological polar surface area (TPSA) is 45.0 Å². The Morgan fingerprint density at radius 2 is 2.10 bits per heavy atom. The van der Waals surface area contributed by atoms with Gasteiger partial charge in [0.25, 0.3) is 0 Å². The van der Waals surface area contributed by atoms with E-state index in [1.165, 1.54) is 7.05 Å². The monoisotopic (exact) mass is 310 g/mol. The summed E-state index contributed by atoms with van der Waals surface area (Å²) in [6, 6.07) is 3.18. The van der Waals surface area contributed by atoms with Crippen LogP contribution in [0.4, 0.5) is 17.6 Å². The normalized spacial score (nSPS) is 12.8. The van der Waals surface area contributed by atoms with Crippen LogP contribution in [0.25, 0.3) is 0 Å². The molecular weight excluding hydrogens is 300 g/mol. The number of rotatable bonds is 5. The summed E-state index contributed by atoms with van der Waals surface area (Å²) in [5, 5.41) is 11.0. The molecule has 0 fully saturated rings. The summed E-state index contributed by atoms with van der Waals surface area (Å²) in [4.78, 5) is 0. The smallest absolute Gasteiger partial charge is 0.425 e. The van der Waals surface area contributed by atoms with Crippen molar-refractivity contribution >= 4 is 11.6 Å². The number of hydrogen-bond donors (Lipinski definition) is 1. The van der Waals surface area contributed by atoms with Crippen LogP contribution in [0.3, 0.4) is 0 Å². The van der Waals surface area contributed by atoms with Crippen molar-refractivity contribution in [2.24, 2.45) is 0 Å². The first-order valence-electron chi connectivity index (χ1n) is 5.56. The predicted octanol–water partition coefficient (Wildman–Crippen LogP) is 3.27. The second-order valence-electron chi connectivity index (χ2n) is 3.91. The third kappa shape index (κ3) is 4.25. The highest BCUT2D eigenvalue weighted by molar-refractivity contribution is 6.30. The van der Waals surface area contributed by atoms with Crippen LogP contribution in [0.1, 0.15) is 12.0 Å². The van der Waals surface area contributed by atoms with Gasteiger partial charge in [0.05, 0.1) is 10.6 Å². The Kier molecular flexibility index (Phi) is 5.60. The zero-order chi connectivity index (χ0) is 15.3. The number of nitriles is 1. The fraction of sp³-hybridized carbons (Fsp3) is 0.417. The number of hydrogen-bond acceptors (Lipinski definition) is 3. The third-order valence-electron chi connectivity index (χ3n) is 2.43. The Morgan fingerprint density at radius 3 is 2.60 bits per heavy atom. The summed E-state index contributed by atoms with van der Waals surface area (Å²) in [5.41, 5.74) is -0.342.